The van der Waals surface area contributed by atoms with Gasteiger partial charge in [-0.05, 0) is 6.42 Å². The van der Waals surface area contributed by atoms with Crippen LogP contribution < -0.4 is 11.1 Å². The Kier molecular flexibility index (Phi) is 4.68. The molecule has 0 aliphatic carbocycles. The van der Waals surface area contributed by atoms with Crippen molar-refractivity contribution in [3.8, 4) is 0 Å². The zero-order chi connectivity index (χ0) is 12.9. The average molecular weight is 258 g/mol. The van der Waals surface area contributed by atoms with E-state index in [4.69, 9.17) is 5.73 Å². The molecule has 0 saturated heterocycles. The van der Waals surface area contributed by atoms with Gasteiger partial charge in [-0.25, -0.2) is 18.4 Å². The maximum absolute atomic E-state index is 11.0. The molecule has 0 aliphatic heterocycles. The number of nitrogens with zero attached hydrogens (tertiary/aromatic N) is 2. The first-order valence-corrected chi connectivity index (χ1v) is 7.52. The van der Waals surface area contributed by atoms with Gasteiger partial charge < -0.3 is 11.1 Å². The molecule has 0 saturated carbocycles. The molecular formula is C10H18N4O2S. The normalized spacial score (nSPS) is 11.4. The average Bonchev–Trinajstić information content (AvgIpc) is 2.15. The highest BCUT2D eigenvalue weighted by Gasteiger charge is 2.04. The summed E-state index contributed by atoms with van der Waals surface area (Å²) in [5, 5.41) is 2.93. The molecule has 1 aromatic rings. The summed E-state index contributed by atoms with van der Waals surface area (Å²) in [5.41, 5.74) is 5.64. The van der Waals surface area contributed by atoms with E-state index in [1.54, 1.807) is 6.07 Å². The fraction of sp³-hybridized carbons (Fsp3) is 0.600. The second-order valence-corrected chi connectivity index (χ2v) is 6.16. The molecule has 1 heterocycles. The molecule has 3 N–H and O–H groups in total. The Morgan fingerprint density at radius 2 is 2.12 bits per heavy atom. The van der Waals surface area contributed by atoms with E-state index >= 15 is 0 Å². The SMILES string of the molecule is CCCc1nc(N)cc(NCCS(C)(=O)=O)n1. The highest BCUT2D eigenvalue weighted by atomic mass is 32.2. The van der Waals surface area contributed by atoms with Crippen molar-refractivity contribution >= 4 is 21.5 Å². The van der Waals surface area contributed by atoms with E-state index in [2.05, 4.69) is 15.3 Å². The van der Waals surface area contributed by atoms with Crippen LogP contribution in [-0.4, -0.2) is 36.9 Å². The lowest BCUT2D eigenvalue weighted by atomic mass is 10.3. The van der Waals surface area contributed by atoms with Crippen LogP contribution in [0, 0.1) is 0 Å². The van der Waals surface area contributed by atoms with Gasteiger partial charge in [-0.15, -0.1) is 0 Å². The number of aromatic nitrogens is 2. The van der Waals surface area contributed by atoms with Crippen LogP contribution in [0.1, 0.15) is 19.2 Å². The molecule has 0 fully saturated rings. The predicted octanol–water partition coefficient (Wildman–Crippen LogP) is 0.468. The van der Waals surface area contributed by atoms with Crippen molar-refractivity contribution < 1.29 is 8.42 Å². The first kappa shape index (κ1) is 13.7. The second kappa shape index (κ2) is 5.81. The molecule has 96 valence electrons. The summed E-state index contributed by atoms with van der Waals surface area (Å²) < 4.78 is 21.9. The van der Waals surface area contributed by atoms with E-state index < -0.39 is 9.84 Å². The fourth-order valence-corrected chi connectivity index (χ4v) is 1.78. The smallest absolute Gasteiger partial charge is 0.149 e. The molecule has 0 spiro atoms. The lowest BCUT2D eigenvalue weighted by Gasteiger charge is -2.07. The Hall–Kier alpha value is -1.37. The van der Waals surface area contributed by atoms with Crippen molar-refractivity contribution in [2.75, 3.05) is 29.6 Å². The summed E-state index contributed by atoms with van der Waals surface area (Å²) in [7, 11) is -2.96. The van der Waals surface area contributed by atoms with Crippen LogP contribution in [0.2, 0.25) is 0 Å². The molecule has 0 amide bonds. The van der Waals surface area contributed by atoms with Gasteiger partial charge in [-0.1, -0.05) is 6.92 Å². The quantitative estimate of drug-likeness (QED) is 0.769. The lowest BCUT2D eigenvalue weighted by Crippen LogP contribution is -2.15. The number of hydrogen-bond acceptors (Lipinski definition) is 6. The van der Waals surface area contributed by atoms with Gasteiger partial charge in [0.1, 0.15) is 27.3 Å². The van der Waals surface area contributed by atoms with Gasteiger partial charge in [0.2, 0.25) is 0 Å². The van der Waals surface area contributed by atoms with E-state index in [-0.39, 0.29) is 5.75 Å². The van der Waals surface area contributed by atoms with E-state index in [1.165, 1.54) is 6.26 Å². The Balaban J connectivity index is 2.64. The minimum atomic E-state index is -2.96. The van der Waals surface area contributed by atoms with Crippen LogP contribution in [0.5, 0.6) is 0 Å². The summed E-state index contributed by atoms with van der Waals surface area (Å²) in [4.78, 5) is 8.33. The monoisotopic (exact) mass is 258 g/mol. The van der Waals surface area contributed by atoms with Gasteiger partial charge in [0.25, 0.3) is 0 Å². The molecule has 0 aliphatic rings. The van der Waals surface area contributed by atoms with Crippen molar-refractivity contribution in [3.05, 3.63) is 11.9 Å². The Morgan fingerprint density at radius 3 is 2.71 bits per heavy atom. The molecule has 0 radical (unpaired) electrons. The predicted molar refractivity (Wildman–Crippen MR) is 68.6 cm³/mol. The van der Waals surface area contributed by atoms with Gasteiger partial charge >= 0.3 is 0 Å². The number of sulfone groups is 1. The number of aryl methyl sites for hydroxylation is 1. The number of nitrogen functional groups attached to an aromatic ring is 1. The Bertz CT molecular complexity index is 473. The Labute approximate surface area is 102 Å². The molecule has 0 bridgehead atoms. The topological polar surface area (TPSA) is 98.0 Å². The van der Waals surface area contributed by atoms with Crippen molar-refractivity contribution in [1.29, 1.82) is 0 Å². The minimum absolute atomic E-state index is 0.0695. The first-order valence-electron chi connectivity index (χ1n) is 5.45. The van der Waals surface area contributed by atoms with E-state index in [9.17, 15) is 8.42 Å². The van der Waals surface area contributed by atoms with Gasteiger partial charge in [-0.3, -0.25) is 0 Å². The molecule has 17 heavy (non-hydrogen) atoms. The number of hydrogen-bond donors (Lipinski definition) is 2. The third-order valence-electron chi connectivity index (χ3n) is 2.04. The highest BCUT2D eigenvalue weighted by molar-refractivity contribution is 7.90. The van der Waals surface area contributed by atoms with Crippen molar-refractivity contribution in [3.63, 3.8) is 0 Å². The molecule has 1 aromatic heterocycles. The summed E-state index contributed by atoms with van der Waals surface area (Å²) in [6.07, 6.45) is 2.89. The summed E-state index contributed by atoms with van der Waals surface area (Å²) in [6.45, 7) is 2.35. The molecule has 0 atom stereocenters. The number of nitrogens with one attached hydrogen (secondary N) is 1. The van der Waals surface area contributed by atoms with Crippen LogP contribution in [0.25, 0.3) is 0 Å². The van der Waals surface area contributed by atoms with Gasteiger partial charge in [-0.2, -0.15) is 0 Å². The third-order valence-corrected chi connectivity index (χ3v) is 2.99. The van der Waals surface area contributed by atoms with Crippen LogP contribution in [0.15, 0.2) is 6.07 Å². The molecule has 0 unspecified atom stereocenters. The number of nitrogens with two attached hydrogens (primary N) is 1. The van der Waals surface area contributed by atoms with Gasteiger partial charge in [0.15, 0.2) is 0 Å². The molecule has 7 heteroatoms. The van der Waals surface area contributed by atoms with Gasteiger partial charge in [0.05, 0.1) is 5.75 Å². The minimum Gasteiger partial charge on any atom is -0.384 e. The summed E-state index contributed by atoms with van der Waals surface area (Å²) in [5.74, 6) is 1.71. The van der Waals surface area contributed by atoms with Crippen molar-refractivity contribution in [2.24, 2.45) is 0 Å². The zero-order valence-corrected chi connectivity index (χ0v) is 10.9. The molecule has 0 aromatic carbocycles. The molecule has 1 rings (SSSR count). The number of rotatable bonds is 6. The first-order chi connectivity index (χ1) is 7.90. The number of anilines is 2. The van der Waals surface area contributed by atoms with Crippen LogP contribution >= 0.6 is 0 Å². The summed E-state index contributed by atoms with van der Waals surface area (Å²) >= 11 is 0. The van der Waals surface area contributed by atoms with E-state index in [0.29, 0.717) is 24.0 Å². The molecule has 6 nitrogen and oxygen atoms in total. The fourth-order valence-electron chi connectivity index (χ4n) is 1.31. The van der Waals surface area contributed by atoms with Crippen molar-refractivity contribution in [1.82, 2.24) is 9.97 Å². The largest absolute Gasteiger partial charge is 0.384 e. The van der Waals surface area contributed by atoms with Crippen molar-refractivity contribution in [2.45, 2.75) is 19.8 Å². The maximum atomic E-state index is 11.0. The second-order valence-electron chi connectivity index (χ2n) is 3.90. The van der Waals surface area contributed by atoms with Crippen LogP contribution in [0.4, 0.5) is 11.6 Å². The standard InChI is InChI=1S/C10H18N4O2S/c1-3-4-9-13-8(11)7-10(14-9)12-5-6-17(2,15)16/h7H,3-6H2,1-2H3,(H3,11,12,13,14). The van der Waals surface area contributed by atoms with E-state index in [1.807, 2.05) is 6.92 Å². The van der Waals surface area contributed by atoms with Gasteiger partial charge in [0, 0.05) is 25.3 Å². The van der Waals surface area contributed by atoms with Crippen LogP contribution in [0.3, 0.4) is 0 Å². The maximum Gasteiger partial charge on any atom is 0.149 e. The van der Waals surface area contributed by atoms with E-state index in [0.717, 1.165) is 12.8 Å². The zero-order valence-electron chi connectivity index (χ0n) is 10.1. The third kappa shape index (κ3) is 5.48. The van der Waals surface area contributed by atoms with Crippen LogP contribution in [-0.2, 0) is 16.3 Å². The Morgan fingerprint density at radius 1 is 1.41 bits per heavy atom. The summed E-state index contributed by atoms with van der Waals surface area (Å²) in [6, 6.07) is 1.60. The molecular weight excluding hydrogens is 240 g/mol. The highest BCUT2D eigenvalue weighted by Crippen LogP contribution is 2.09. The lowest BCUT2D eigenvalue weighted by molar-refractivity contribution is 0.602.